The highest BCUT2D eigenvalue weighted by Gasteiger charge is 2.43. The Balaban J connectivity index is 2.35. The predicted molar refractivity (Wildman–Crippen MR) is 48.8 cm³/mol. The number of nitrogens with zero attached hydrogens (tertiary/aromatic N) is 2. The summed E-state index contributed by atoms with van der Waals surface area (Å²) in [4.78, 5) is 11.3. The predicted octanol–water partition coefficient (Wildman–Crippen LogP) is 1.09. The molecule has 0 amide bonds. The van der Waals surface area contributed by atoms with Crippen molar-refractivity contribution in [2.75, 3.05) is 0 Å². The molecule has 0 atom stereocenters. The number of carbonyl (C=O) groups is 1. The van der Waals surface area contributed by atoms with Crippen molar-refractivity contribution in [2.45, 2.75) is 37.5 Å². The monoisotopic (exact) mass is 195 g/mol. The molecule has 0 saturated heterocycles. The highest BCUT2D eigenvalue weighted by molar-refractivity contribution is 5.80. The average Bonchev–Trinajstić information content (AvgIpc) is 2.72. The second kappa shape index (κ2) is 3.40. The summed E-state index contributed by atoms with van der Waals surface area (Å²) in [6.45, 7) is 0. The number of carboxylic acid groups (broad SMARTS) is 1. The van der Waals surface area contributed by atoms with Crippen LogP contribution < -0.4 is 0 Å². The molecule has 1 aromatic rings. The van der Waals surface area contributed by atoms with Gasteiger partial charge in [0.2, 0.25) is 0 Å². The van der Waals surface area contributed by atoms with Crippen LogP contribution in [0.2, 0.25) is 0 Å². The number of hydrogen-bond acceptors (Lipinski definition) is 3. The van der Waals surface area contributed by atoms with Gasteiger partial charge in [-0.1, -0.05) is 19.3 Å². The first kappa shape index (κ1) is 9.18. The molecule has 14 heavy (non-hydrogen) atoms. The molecule has 0 aliphatic heterocycles. The molecule has 0 spiro atoms. The third-order valence-electron chi connectivity index (χ3n) is 3.02. The zero-order chi connectivity index (χ0) is 10.0. The second-order valence-corrected chi connectivity index (χ2v) is 3.80. The molecule has 76 valence electrons. The van der Waals surface area contributed by atoms with E-state index in [1.165, 1.54) is 6.20 Å². The molecule has 0 aromatic carbocycles. The minimum absolute atomic E-state index is 0.574. The summed E-state index contributed by atoms with van der Waals surface area (Å²) in [5.41, 5.74) is -0.213. The maximum atomic E-state index is 11.3. The lowest BCUT2D eigenvalue weighted by molar-refractivity contribution is -0.145. The van der Waals surface area contributed by atoms with Crippen LogP contribution in [0.15, 0.2) is 6.20 Å². The van der Waals surface area contributed by atoms with E-state index in [1.807, 2.05) is 0 Å². The molecule has 5 nitrogen and oxygen atoms in total. The van der Waals surface area contributed by atoms with Gasteiger partial charge in [-0.05, 0) is 12.8 Å². The summed E-state index contributed by atoms with van der Waals surface area (Å²) < 4.78 is 0. The Labute approximate surface area is 81.5 Å². The first-order valence-corrected chi connectivity index (χ1v) is 4.85. The fourth-order valence-corrected chi connectivity index (χ4v) is 2.17. The van der Waals surface area contributed by atoms with E-state index in [1.54, 1.807) is 0 Å². The van der Waals surface area contributed by atoms with Gasteiger partial charge in [0.15, 0.2) is 0 Å². The molecule has 1 aliphatic rings. The van der Waals surface area contributed by atoms with E-state index in [2.05, 4.69) is 15.4 Å². The van der Waals surface area contributed by atoms with Gasteiger partial charge in [0.25, 0.3) is 0 Å². The summed E-state index contributed by atoms with van der Waals surface area (Å²) >= 11 is 0. The third-order valence-corrected chi connectivity index (χ3v) is 3.02. The van der Waals surface area contributed by atoms with Gasteiger partial charge in [-0.15, -0.1) is 0 Å². The van der Waals surface area contributed by atoms with Crippen molar-refractivity contribution in [3.05, 3.63) is 11.9 Å². The van der Waals surface area contributed by atoms with Gasteiger partial charge < -0.3 is 5.11 Å². The van der Waals surface area contributed by atoms with E-state index >= 15 is 0 Å². The fourth-order valence-electron chi connectivity index (χ4n) is 2.17. The van der Waals surface area contributed by atoms with Crippen LogP contribution in [0, 0.1) is 0 Å². The van der Waals surface area contributed by atoms with E-state index in [0.29, 0.717) is 18.5 Å². The number of nitrogens with one attached hydrogen (secondary N) is 1. The van der Waals surface area contributed by atoms with Gasteiger partial charge in [-0.3, -0.25) is 4.79 Å². The van der Waals surface area contributed by atoms with Crippen LogP contribution in [-0.2, 0) is 10.2 Å². The van der Waals surface area contributed by atoms with Crippen LogP contribution in [0.4, 0.5) is 0 Å². The highest BCUT2D eigenvalue weighted by atomic mass is 16.4. The number of carboxylic acids is 1. The Morgan fingerprint density at radius 3 is 2.64 bits per heavy atom. The molecule has 2 N–H and O–H groups in total. The molecule has 1 fully saturated rings. The van der Waals surface area contributed by atoms with Crippen LogP contribution in [0.1, 0.15) is 37.8 Å². The number of aromatic nitrogens is 3. The molecule has 0 unspecified atom stereocenters. The van der Waals surface area contributed by atoms with Crippen molar-refractivity contribution < 1.29 is 9.90 Å². The Bertz CT molecular complexity index is 315. The zero-order valence-corrected chi connectivity index (χ0v) is 7.86. The summed E-state index contributed by atoms with van der Waals surface area (Å²) in [6, 6.07) is 0. The Hall–Kier alpha value is -1.39. The standard InChI is InChI=1S/C9H13N3O2/c13-8(14)9(4-2-1-3-5-9)7-6-10-12-11-7/h6H,1-5H2,(H,13,14)(H,10,11,12). The fraction of sp³-hybridized carbons (Fsp3) is 0.667. The van der Waals surface area contributed by atoms with Crippen LogP contribution >= 0.6 is 0 Å². The summed E-state index contributed by atoms with van der Waals surface area (Å²) in [7, 11) is 0. The average molecular weight is 195 g/mol. The number of aromatic amines is 1. The van der Waals surface area contributed by atoms with Crippen molar-refractivity contribution in [3.63, 3.8) is 0 Å². The molecule has 1 saturated carbocycles. The lowest BCUT2D eigenvalue weighted by atomic mass is 9.72. The highest BCUT2D eigenvalue weighted by Crippen LogP contribution is 2.38. The number of rotatable bonds is 2. The van der Waals surface area contributed by atoms with Crippen LogP contribution in [0.5, 0.6) is 0 Å². The zero-order valence-electron chi connectivity index (χ0n) is 7.86. The Morgan fingerprint density at radius 1 is 1.43 bits per heavy atom. The van der Waals surface area contributed by atoms with Gasteiger partial charge >= 0.3 is 5.97 Å². The number of H-pyrrole nitrogens is 1. The maximum absolute atomic E-state index is 11.3. The van der Waals surface area contributed by atoms with Crippen molar-refractivity contribution in [3.8, 4) is 0 Å². The van der Waals surface area contributed by atoms with Crippen molar-refractivity contribution in [1.82, 2.24) is 15.4 Å². The number of aliphatic carboxylic acids is 1. The normalized spacial score (nSPS) is 20.6. The second-order valence-electron chi connectivity index (χ2n) is 3.80. The van der Waals surface area contributed by atoms with Crippen LogP contribution in [0.3, 0.4) is 0 Å². The third kappa shape index (κ3) is 1.29. The molecule has 1 aliphatic carbocycles. The van der Waals surface area contributed by atoms with Crippen molar-refractivity contribution >= 4 is 5.97 Å². The molecular weight excluding hydrogens is 182 g/mol. The molecule has 2 rings (SSSR count). The van der Waals surface area contributed by atoms with Crippen molar-refractivity contribution in [1.29, 1.82) is 0 Å². The van der Waals surface area contributed by atoms with Gasteiger partial charge in [-0.2, -0.15) is 15.4 Å². The molecule has 1 heterocycles. The van der Waals surface area contributed by atoms with E-state index in [9.17, 15) is 9.90 Å². The summed E-state index contributed by atoms with van der Waals surface area (Å²) in [5.74, 6) is -0.772. The summed E-state index contributed by atoms with van der Waals surface area (Å²) in [5, 5.41) is 19.4. The lowest BCUT2D eigenvalue weighted by Gasteiger charge is -2.30. The number of hydrogen-bond donors (Lipinski definition) is 2. The van der Waals surface area contributed by atoms with Gasteiger partial charge in [0.1, 0.15) is 5.41 Å². The molecule has 1 aromatic heterocycles. The summed E-state index contributed by atoms with van der Waals surface area (Å²) in [6.07, 6.45) is 5.91. The van der Waals surface area contributed by atoms with Gasteiger partial charge in [0.05, 0.1) is 11.9 Å². The first-order chi connectivity index (χ1) is 6.76. The van der Waals surface area contributed by atoms with Gasteiger partial charge in [-0.25, -0.2) is 0 Å². The van der Waals surface area contributed by atoms with E-state index in [-0.39, 0.29) is 0 Å². The minimum atomic E-state index is -0.786. The maximum Gasteiger partial charge on any atom is 0.315 e. The van der Waals surface area contributed by atoms with E-state index < -0.39 is 11.4 Å². The molecular formula is C9H13N3O2. The lowest BCUT2D eigenvalue weighted by Crippen LogP contribution is -2.38. The quantitative estimate of drug-likeness (QED) is 0.740. The molecule has 0 radical (unpaired) electrons. The van der Waals surface area contributed by atoms with Crippen molar-refractivity contribution in [2.24, 2.45) is 0 Å². The first-order valence-electron chi connectivity index (χ1n) is 4.85. The smallest absolute Gasteiger partial charge is 0.315 e. The molecule has 5 heteroatoms. The van der Waals surface area contributed by atoms with Crippen LogP contribution in [0.25, 0.3) is 0 Å². The van der Waals surface area contributed by atoms with Gasteiger partial charge in [0, 0.05) is 0 Å². The van der Waals surface area contributed by atoms with E-state index in [0.717, 1.165) is 19.3 Å². The Morgan fingerprint density at radius 2 is 2.14 bits per heavy atom. The Kier molecular flexibility index (Phi) is 2.23. The SMILES string of the molecule is O=C(O)C1(c2cn[nH]n2)CCCCC1. The van der Waals surface area contributed by atoms with E-state index in [4.69, 9.17) is 0 Å². The minimum Gasteiger partial charge on any atom is -0.481 e. The topological polar surface area (TPSA) is 78.9 Å². The molecule has 0 bridgehead atoms. The largest absolute Gasteiger partial charge is 0.481 e. The van der Waals surface area contributed by atoms with Crippen LogP contribution in [-0.4, -0.2) is 26.5 Å².